The predicted molar refractivity (Wildman–Crippen MR) is 106 cm³/mol. The quantitative estimate of drug-likeness (QED) is 0.470. The molecule has 2 N–H and O–H groups in total. The highest BCUT2D eigenvalue weighted by Gasteiger charge is 2.26. The molecular weight excluding hydrogens is 424 g/mol. The van der Waals surface area contributed by atoms with Crippen molar-refractivity contribution >= 4 is 39.0 Å². The van der Waals surface area contributed by atoms with Gasteiger partial charge in [0.2, 0.25) is 5.88 Å². The van der Waals surface area contributed by atoms with Crippen molar-refractivity contribution in [2.45, 2.75) is 13.1 Å². The van der Waals surface area contributed by atoms with Crippen molar-refractivity contribution in [2.75, 3.05) is 11.4 Å². The third kappa shape index (κ3) is 2.87. The predicted octanol–water partition coefficient (Wildman–Crippen LogP) is 3.51. The summed E-state index contributed by atoms with van der Waals surface area (Å²) in [4.78, 5) is 25.0. The van der Waals surface area contributed by atoms with Gasteiger partial charge in [-0.25, -0.2) is 23.5 Å². The van der Waals surface area contributed by atoms with Crippen LogP contribution in [0.15, 0.2) is 28.4 Å². The fourth-order valence-corrected chi connectivity index (χ4v) is 4.42. The van der Waals surface area contributed by atoms with Crippen LogP contribution in [0.4, 0.5) is 14.6 Å². The highest BCUT2D eigenvalue weighted by atomic mass is 35.5. The highest BCUT2D eigenvalue weighted by Crippen LogP contribution is 2.35. The second kappa shape index (κ2) is 6.53. The van der Waals surface area contributed by atoms with Gasteiger partial charge in [0, 0.05) is 13.1 Å². The smallest absolute Gasteiger partial charge is 0.328 e. The lowest BCUT2D eigenvalue weighted by molar-refractivity contribution is 0.439. The number of halogens is 3. The number of anilines is 1. The lowest BCUT2D eigenvalue weighted by Gasteiger charge is -2.29. The summed E-state index contributed by atoms with van der Waals surface area (Å²) in [5.74, 6) is -1.14. The molecule has 0 saturated carbocycles. The normalized spacial score (nSPS) is 13.8. The van der Waals surface area contributed by atoms with Crippen LogP contribution in [-0.2, 0) is 13.1 Å². The van der Waals surface area contributed by atoms with Gasteiger partial charge >= 0.3 is 5.69 Å². The molecule has 0 amide bonds. The summed E-state index contributed by atoms with van der Waals surface area (Å²) in [6, 6.07) is 3.64. The molecule has 11 heteroatoms. The van der Waals surface area contributed by atoms with E-state index < -0.39 is 11.6 Å². The van der Waals surface area contributed by atoms with Gasteiger partial charge in [-0.05, 0) is 23.6 Å². The Morgan fingerprint density at radius 3 is 2.86 bits per heavy atom. The Labute approximate surface area is 170 Å². The molecule has 7 nitrogen and oxygen atoms in total. The molecule has 29 heavy (non-hydrogen) atoms. The molecule has 0 atom stereocenters. The van der Waals surface area contributed by atoms with Gasteiger partial charge in [0.1, 0.15) is 17.3 Å². The van der Waals surface area contributed by atoms with Crippen LogP contribution in [0.3, 0.4) is 0 Å². The molecule has 0 saturated heterocycles. The van der Waals surface area contributed by atoms with Crippen LogP contribution in [0.25, 0.3) is 21.6 Å². The molecule has 148 valence electrons. The van der Waals surface area contributed by atoms with Crippen LogP contribution in [0, 0.1) is 11.6 Å². The molecule has 0 bridgehead atoms. The van der Waals surface area contributed by atoms with Crippen LogP contribution >= 0.6 is 22.9 Å². The largest absolute Gasteiger partial charge is 0.493 e. The number of benzene rings is 1. The Morgan fingerprint density at radius 2 is 2.03 bits per heavy atom. The lowest BCUT2D eigenvalue weighted by Crippen LogP contribution is -2.37. The Kier molecular flexibility index (Phi) is 4.07. The van der Waals surface area contributed by atoms with E-state index in [4.69, 9.17) is 11.6 Å². The van der Waals surface area contributed by atoms with Crippen molar-refractivity contribution in [2.24, 2.45) is 0 Å². The Morgan fingerprint density at radius 1 is 1.21 bits per heavy atom. The number of thiophene rings is 1. The van der Waals surface area contributed by atoms with E-state index in [1.165, 1.54) is 15.9 Å². The summed E-state index contributed by atoms with van der Waals surface area (Å²) < 4.78 is 30.6. The van der Waals surface area contributed by atoms with Gasteiger partial charge in [0.15, 0.2) is 11.6 Å². The Bertz CT molecular complexity index is 1330. The van der Waals surface area contributed by atoms with E-state index in [9.17, 15) is 18.7 Å². The molecule has 0 spiro atoms. The summed E-state index contributed by atoms with van der Waals surface area (Å²) in [7, 11) is 0. The molecule has 0 unspecified atom stereocenters. The Balaban J connectivity index is 1.65. The first-order valence-corrected chi connectivity index (χ1v) is 9.84. The molecule has 0 fully saturated rings. The van der Waals surface area contributed by atoms with E-state index in [0.717, 1.165) is 16.8 Å². The summed E-state index contributed by atoms with van der Waals surface area (Å²) in [6.07, 6.45) is 0. The number of hydrogen-bond acceptors (Lipinski definition) is 6. The number of hydrogen-bond donors (Lipinski definition) is 2. The fourth-order valence-electron chi connectivity index (χ4n) is 3.43. The van der Waals surface area contributed by atoms with Crippen LogP contribution in [0.2, 0.25) is 5.02 Å². The number of aromatic hydroxyl groups is 1. The van der Waals surface area contributed by atoms with Crippen LogP contribution in [-0.4, -0.2) is 31.2 Å². The van der Waals surface area contributed by atoms with E-state index in [-0.39, 0.29) is 34.5 Å². The molecule has 4 aromatic rings. The third-order valence-corrected chi connectivity index (χ3v) is 6.03. The Hall–Kier alpha value is -2.98. The van der Waals surface area contributed by atoms with Gasteiger partial charge in [0.05, 0.1) is 27.3 Å². The number of H-pyrrole nitrogens is 1. The molecular formula is C18H12ClF2N5O2S. The first-order valence-electron chi connectivity index (χ1n) is 8.58. The highest BCUT2D eigenvalue weighted by molar-refractivity contribution is 7.17. The number of fused-ring (bicyclic) bond motifs is 2. The molecule has 4 heterocycles. The number of aromatic amines is 1. The lowest BCUT2D eigenvalue weighted by atomic mass is 10.2. The van der Waals surface area contributed by atoms with Gasteiger partial charge in [-0.2, -0.15) is 0 Å². The summed E-state index contributed by atoms with van der Waals surface area (Å²) in [6.45, 7) is 1.03. The van der Waals surface area contributed by atoms with Gasteiger partial charge in [-0.15, -0.1) is 11.3 Å². The van der Waals surface area contributed by atoms with Gasteiger partial charge in [-0.3, -0.25) is 9.55 Å². The van der Waals surface area contributed by atoms with Crippen molar-refractivity contribution in [3.05, 3.63) is 56.4 Å². The molecule has 5 rings (SSSR count). The summed E-state index contributed by atoms with van der Waals surface area (Å²) in [5.41, 5.74) is 0.556. The summed E-state index contributed by atoms with van der Waals surface area (Å²) in [5, 5.41) is 11.5. The minimum atomic E-state index is -0.766. The van der Waals surface area contributed by atoms with E-state index in [1.54, 1.807) is 6.07 Å². The number of imidazole rings is 1. The SMILES string of the molecule is O=c1[nH]c(O)c2n1CCN(c1nc(-c3cc(F)c(Cl)cc3F)nc3ccsc13)C2. The third-order valence-electron chi connectivity index (χ3n) is 4.84. The van der Waals surface area contributed by atoms with Crippen LogP contribution < -0.4 is 10.6 Å². The van der Waals surface area contributed by atoms with Crippen molar-refractivity contribution in [1.82, 2.24) is 19.5 Å². The maximum absolute atomic E-state index is 14.5. The molecule has 3 aromatic heterocycles. The zero-order chi connectivity index (χ0) is 20.3. The fraction of sp³-hybridized carbons (Fsp3) is 0.167. The second-order valence-electron chi connectivity index (χ2n) is 6.55. The molecule has 0 radical (unpaired) electrons. The molecule has 1 aliphatic rings. The maximum atomic E-state index is 14.5. The zero-order valence-electron chi connectivity index (χ0n) is 14.6. The molecule has 0 aliphatic carbocycles. The zero-order valence-corrected chi connectivity index (χ0v) is 16.2. The standard InChI is InChI=1S/C18H12ClF2N5O2S/c19-9-6-10(20)8(5-11(9)21)15-22-12-1-4-29-14(12)16(23-15)25-2-3-26-13(7-25)17(27)24-18(26)28/h1,4-6,27H,2-3,7H2,(H,24,28). The average Bonchev–Trinajstić information content (AvgIpc) is 3.28. The number of nitrogens with one attached hydrogen (secondary N) is 1. The first kappa shape index (κ1) is 18.1. The number of rotatable bonds is 2. The van der Waals surface area contributed by atoms with Crippen molar-refractivity contribution in [3.8, 4) is 17.3 Å². The van der Waals surface area contributed by atoms with Gasteiger partial charge in [0.25, 0.3) is 0 Å². The molecule has 1 aromatic carbocycles. The van der Waals surface area contributed by atoms with Gasteiger partial charge in [-0.1, -0.05) is 11.6 Å². The average molecular weight is 436 g/mol. The minimum Gasteiger partial charge on any atom is -0.493 e. The maximum Gasteiger partial charge on any atom is 0.328 e. The topological polar surface area (TPSA) is 87.0 Å². The van der Waals surface area contributed by atoms with Crippen LogP contribution in [0.5, 0.6) is 5.88 Å². The number of aromatic nitrogens is 4. The van der Waals surface area contributed by atoms with Crippen LogP contribution in [0.1, 0.15) is 5.69 Å². The van der Waals surface area contributed by atoms with E-state index in [0.29, 0.717) is 30.1 Å². The number of nitrogens with zero attached hydrogens (tertiary/aromatic N) is 4. The van der Waals surface area contributed by atoms with Crippen molar-refractivity contribution in [3.63, 3.8) is 0 Å². The van der Waals surface area contributed by atoms with E-state index >= 15 is 0 Å². The second-order valence-corrected chi connectivity index (χ2v) is 7.87. The van der Waals surface area contributed by atoms with E-state index in [1.807, 2.05) is 10.3 Å². The summed E-state index contributed by atoms with van der Waals surface area (Å²) >= 11 is 7.07. The monoisotopic (exact) mass is 435 g/mol. The minimum absolute atomic E-state index is 0.0280. The molecule has 1 aliphatic heterocycles. The van der Waals surface area contributed by atoms with Crippen molar-refractivity contribution in [1.29, 1.82) is 0 Å². The van der Waals surface area contributed by atoms with Crippen molar-refractivity contribution < 1.29 is 13.9 Å². The van der Waals surface area contributed by atoms with Gasteiger partial charge < -0.3 is 10.0 Å². The van der Waals surface area contributed by atoms with E-state index in [2.05, 4.69) is 15.0 Å². The first-order chi connectivity index (χ1) is 13.9.